The Morgan fingerprint density at radius 3 is 2.89 bits per heavy atom. The topological polar surface area (TPSA) is 86.8 Å². The largest absolute Gasteiger partial charge is 0.486 e. The van der Waals surface area contributed by atoms with E-state index in [0.717, 1.165) is 23.5 Å². The average Bonchev–Trinajstić information content (AvgIpc) is 3.08. The first-order valence-corrected chi connectivity index (χ1v) is 9.80. The average molecular weight is 390 g/mol. The summed E-state index contributed by atoms with van der Waals surface area (Å²) in [4.78, 5) is 27.8. The van der Waals surface area contributed by atoms with Crippen LogP contribution < -0.4 is 14.8 Å². The van der Waals surface area contributed by atoms with Crippen molar-refractivity contribution in [3.05, 3.63) is 34.8 Å². The minimum Gasteiger partial charge on any atom is -0.486 e. The molecule has 1 amide bonds. The number of rotatable bonds is 8. The van der Waals surface area contributed by atoms with Gasteiger partial charge in [-0.05, 0) is 37.5 Å². The third-order valence-electron chi connectivity index (χ3n) is 3.90. The lowest BCUT2D eigenvalue weighted by Gasteiger charge is -2.18. The van der Waals surface area contributed by atoms with E-state index in [1.165, 1.54) is 11.3 Å². The van der Waals surface area contributed by atoms with Gasteiger partial charge in [-0.15, -0.1) is 11.3 Å². The van der Waals surface area contributed by atoms with Crippen LogP contribution in [0.1, 0.15) is 31.0 Å². The predicted octanol–water partition coefficient (Wildman–Crippen LogP) is 2.98. The maximum Gasteiger partial charge on any atom is 0.311 e. The third kappa shape index (κ3) is 5.68. The Hall–Kier alpha value is -2.61. The molecule has 0 spiro atoms. The molecule has 8 heteroatoms. The Morgan fingerprint density at radius 1 is 1.26 bits per heavy atom. The van der Waals surface area contributed by atoms with E-state index in [2.05, 4.69) is 10.3 Å². The molecular formula is C19H22N2O5S. The number of amides is 1. The summed E-state index contributed by atoms with van der Waals surface area (Å²) in [6.07, 6.45) is 1.99. The summed E-state index contributed by atoms with van der Waals surface area (Å²) < 4.78 is 16.0. The van der Waals surface area contributed by atoms with Crippen molar-refractivity contribution in [3.8, 4) is 11.5 Å². The quantitative estimate of drug-likeness (QED) is 0.698. The number of ether oxygens (including phenoxy) is 3. The van der Waals surface area contributed by atoms with Gasteiger partial charge in [0.2, 0.25) is 5.91 Å². The van der Waals surface area contributed by atoms with Gasteiger partial charge in [0, 0.05) is 11.8 Å². The molecule has 27 heavy (non-hydrogen) atoms. The van der Waals surface area contributed by atoms with Gasteiger partial charge < -0.3 is 19.5 Å². The Balaban J connectivity index is 1.42. The van der Waals surface area contributed by atoms with E-state index >= 15 is 0 Å². The summed E-state index contributed by atoms with van der Waals surface area (Å²) in [5.74, 6) is 1.12. The Kier molecular flexibility index (Phi) is 6.64. The zero-order valence-corrected chi connectivity index (χ0v) is 16.0. The highest BCUT2D eigenvalue weighted by Gasteiger charge is 2.13. The van der Waals surface area contributed by atoms with Crippen molar-refractivity contribution in [1.29, 1.82) is 0 Å². The molecule has 0 fully saturated rings. The van der Waals surface area contributed by atoms with Gasteiger partial charge in [0.05, 0.1) is 18.7 Å². The van der Waals surface area contributed by atoms with Crippen LogP contribution >= 0.6 is 11.3 Å². The first-order valence-electron chi connectivity index (χ1n) is 8.92. The van der Waals surface area contributed by atoms with E-state index in [9.17, 15) is 9.59 Å². The third-order valence-corrected chi connectivity index (χ3v) is 4.71. The van der Waals surface area contributed by atoms with Crippen LogP contribution in [0.15, 0.2) is 23.6 Å². The number of thiazole rings is 1. The van der Waals surface area contributed by atoms with Crippen LogP contribution in [0.4, 0.5) is 5.13 Å². The monoisotopic (exact) mass is 390 g/mol. The molecule has 1 N–H and O–H groups in total. The van der Waals surface area contributed by atoms with E-state index < -0.39 is 0 Å². The summed E-state index contributed by atoms with van der Waals surface area (Å²) in [6.45, 7) is 3.24. The lowest BCUT2D eigenvalue weighted by Crippen LogP contribution is -2.15. The van der Waals surface area contributed by atoms with Gasteiger partial charge >= 0.3 is 5.97 Å². The number of carbonyl (C=O) groups is 2. The molecule has 0 radical (unpaired) electrons. The normalized spacial score (nSPS) is 12.5. The molecule has 2 heterocycles. The van der Waals surface area contributed by atoms with Crippen LogP contribution in [0.5, 0.6) is 11.5 Å². The fourth-order valence-corrected chi connectivity index (χ4v) is 3.41. The van der Waals surface area contributed by atoms with Gasteiger partial charge in [-0.2, -0.15) is 0 Å². The molecule has 3 rings (SSSR count). The maximum atomic E-state index is 12.1. The van der Waals surface area contributed by atoms with Crippen LogP contribution in [-0.4, -0.2) is 36.7 Å². The second kappa shape index (κ2) is 9.36. The van der Waals surface area contributed by atoms with Crippen molar-refractivity contribution >= 4 is 28.3 Å². The molecule has 1 aromatic carbocycles. The Labute approximate surface area is 161 Å². The van der Waals surface area contributed by atoms with Gasteiger partial charge in [0.15, 0.2) is 16.6 Å². The van der Waals surface area contributed by atoms with Crippen molar-refractivity contribution in [2.45, 2.75) is 32.6 Å². The number of esters is 1. The standard InChI is InChI=1S/C19H22N2O5S/c1-2-24-18(23)11-14-12-27-19(20-14)21-17(22)5-3-4-13-6-7-15-16(10-13)26-9-8-25-15/h6-7,10,12H,2-5,8-9,11H2,1H3,(H,20,21,22). The van der Waals surface area contributed by atoms with Gasteiger partial charge in [-0.1, -0.05) is 6.07 Å². The van der Waals surface area contributed by atoms with E-state index in [1.54, 1.807) is 12.3 Å². The van der Waals surface area contributed by atoms with Gasteiger partial charge in [0.1, 0.15) is 13.2 Å². The van der Waals surface area contributed by atoms with Crippen molar-refractivity contribution < 1.29 is 23.8 Å². The summed E-state index contributed by atoms with van der Waals surface area (Å²) in [5.41, 5.74) is 1.71. The molecule has 0 bridgehead atoms. The highest BCUT2D eigenvalue weighted by molar-refractivity contribution is 7.13. The first kappa shape index (κ1) is 19.2. The Morgan fingerprint density at radius 2 is 2.07 bits per heavy atom. The molecule has 7 nitrogen and oxygen atoms in total. The van der Waals surface area contributed by atoms with Crippen molar-refractivity contribution in [3.63, 3.8) is 0 Å². The summed E-state index contributed by atoms with van der Waals surface area (Å²) in [6, 6.07) is 5.87. The minimum atomic E-state index is -0.319. The number of carbonyl (C=O) groups excluding carboxylic acids is 2. The molecule has 0 saturated heterocycles. The second-order valence-corrected chi connectivity index (χ2v) is 6.86. The predicted molar refractivity (Wildman–Crippen MR) is 101 cm³/mol. The summed E-state index contributed by atoms with van der Waals surface area (Å²) >= 11 is 1.30. The van der Waals surface area contributed by atoms with Crippen LogP contribution in [0, 0.1) is 0 Å². The van der Waals surface area contributed by atoms with Gasteiger partial charge in [0.25, 0.3) is 0 Å². The van der Waals surface area contributed by atoms with Crippen LogP contribution in [-0.2, 0) is 27.2 Å². The molecule has 1 aliphatic heterocycles. The highest BCUT2D eigenvalue weighted by atomic mass is 32.1. The summed E-state index contributed by atoms with van der Waals surface area (Å²) in [5, 5.41) is 5.03. The minimum absolute atomic E-state index is 0.0930. The van der Waals surface area contributed by atoms with Gasteiger partial charge in [-0.3, -0.25) is 9.59 Å². The smallest absolute Gasteiger partial charge is 0.311 e. The number of nitrogens with zero attached hydrogens (tertiary/aromatic N) is 1. The fraction of sp³-hybridized carbons (Fsp3) is 0.421. The maximum absolute atomic E-state index is 12.1. The molecule has 0 unspecified atom stereocenters. The second-order valence-electron chi connectivity index (χ2n) is 6.01. The van der Waals surface area contributed by atoms with Crippen molar-refractivity contribution in [1.82, 2.24) is 4.98 Å². The van der Waals surface area contributed by atoms with E-state index in [4.69, 9.17) is 14.2 Å². The lowest BCUT2D eigenvalue weighted by molar-refractivity contribution is -0.142. The Bertz CT molecular complexity index is 805. The van der Waals surface area contributed by atoms with E-state index in [0.29, 0.717) is 43.5 Å². The lowest BCUT2D eigenvalue weighted by atomic mass is 10.1. The van der Waals surface area contributed by atoms with Gasteiger partial charge in [-0.25, -0.2) is 4.98 Å². The molecule has 1 aromatic heterocycles. The molecule has 144 valence electrons. The number of aromatic nitrogens is 1. The fourth-order valence-electron chi connectivity index (χ4n) is 2.68. The van der Waals surface area contributed by atoms with Crippen LogP contribution in [0.2, 0.25) is 0 Å². The molecule has 0 atom stereocenters. The van der Waals surface area contributed by atoms with Crippen molar-refractivity contribution in [2.75, 3.05) is 25.1 Å². The summed E-state index contributed by atoms with van der Waals surface area (Å²) in [7, 11) is 0. The molecule has 0 saturated carbocycles. The molecule has 2 aromatic rings. The first-order chi connectivity index (χ1) is 13.1. The van der Waals surface area contributed by atoms with Crippen molar-refractivity contribution in [2.24, 2.45) is 0 Å². The van der Waals surface area contributed by atoms with Crippen LogP contribution in [0.3, 0.4) is 0 Å². The molecular weight excluding hydrogens is 368 g/mol. The number of hydrogen-bond donors (Lipinski definition) is 1. The highest BCUT2D eigenvalue weighted by Crippen LogP contribution is 2.31. The van der Waals surface area contributed by atoms with Crippen LogP contribution in [0.25, 0.3) is 0 Å². The van der Waals surface area contributed by atoms with E-state index in [-0.39, 0.29) is 18.3 Å². The number of hydrogen-bond acceptors (Lipinski definition) is 7. The number of fused-ring (bicyclic) bond motifs is 1. The number of nitrogens with one attached hydrogen (secondary N) is 1. The zero-order valence-electron chi connectivity index (χ0n) is 15.2. The SMILES string of the molecule is CCOC(=O)Cc1csc(NC(=O)CCCc2ccc3c(c2)OCCO3)n1. The number of aryl methyl sites for hydroxylation is 1. The van der Waals surface area contributed by atoms with E-state index in [1.807, 2.05) is 18.2 Å². The molecule has 1 aliphatic rings. The molecule has 0 aliphatic carbocycles. The number of benzene rings is 1. The zero-order chi connectivity index (χ0) is 19.1. The number of anilines is 1.